The lowest BCUT2D eigenvalue weighted by Crippen LogP contribution is -2.24. The van der Waals surface area contributed by atoms with Gasteiger partial charge in [-0.15, -0.1) is 0 Å². The van der Waals surface area contributed by atoms with Gasteiger partial charge in [0.1, 0.15) is 0 Å². The third-order valence-corrected chi connectivity index (χ3v) is 3.04. The highest BCUT2D eigenvalue weighted by atomic mass is 32.2. The van der Waals surface area contributed by atoms with Crippen molar-refractivity contribution in [1.29, 1.82) is 0 Å². The van der Waals surface area contributed by atoms with Crippen LogP contribution in [0.4, 0.5) is 0 Å². The molecule has 0 saturated heterocycles. The van der Waals surface area contributed by atoms with Crippen molar-refractivity contribution in [3.8, 4) is 0 Å². The lowest BCUT2D eigenvalue weighted by atomic mass is 10.2. The Labute approximate surface area is 89.5 Å². The molecule has 0 aliphatic carbocycles. The van der Waals surface area contributed by atoms with Crippen LogP contribution in [0.15, 0.2) is 30.3 Å². The van der Waals surface area contributed by atoms with Crippen LogP contribution in [-0.4, -0.2) is 23.5 Å². The van der Waals surface area contributed by atoms with Crippen LogP contribution >= 0.6 is 11.8 Å². The third-order valence-electron chi connectivity index (χ3n) is 1.98. The minimum atomic E-state index is -0.0572. The molecule has 0 bridgehead atoms. The largest absolute Gasteiger partial charge is 0.395 e. The van der Waals surface area contributed by atoms with Crippen LogP contribution in [0, 0.1) is 0 Å². The van der Waals surface area contributed by atoms with Crippen molar-refractivity contribution < 1.29 is 5.11 Å². The molecule has 0 aliphatic rings. The molecular weight excluding hydrogens is 194 g/mol. The number of aliphatic hydroxyl groups excluding tert-OH is 1. The Morgan fingerprint density at radius 1 is 1.29 bits per heavy atom. The van der Waals surface area contributed by atoms with E-state index in [-0.39, 0.29) is 12.6 Å². The fourth-order valence-electron chi connectivity index (χ4n) is 1.09. The summed E-state index contributed by atoms with van der Waals surface area (Å²) in [5, 5.41) is 8.72. The Bertz CT molecular complexity index is 240. The number of thioether (sulfide) groups is 1. The summed E-state index contributed by atoms with van der Waals surface area (Å²) in [6, 6.07) is 10.3. The van der Waals surface area contributed by atoms with Crippen molar-refractivity contribution in [2.24, 2.45) is 5.73 Å². The summed E-state index contributed by atoms with van der Waals surface area (Å²) in [5.41, 5.74) is 6.93. The summed E-state index contributed by atoms with van der Waals surface area (Å²) in [6.07, 6.45) is 0.883. The first kappa shape index (κ1) is 11.6. The van der Waals surface area contributed by atoms with Gasteiger partial charge in [0.05, 0.1) is 6.61 Å². The van der Waals surface area contributed by atoms with E-state index < -0.39 is 0 Å². The summed E-state index contributed by atoms with van der Waals surface area (Å²) >= 11 is 1.86. The van der Waals surface area contributed by atoms with E-state index >= 15 is 0 Å². The molecule has 0 spiro atoms. The van der Waals surface area contributed by atoms with Crippen LogP contribution in [0.5, 0.6) is 0 Å². The topological polar surface area (TPSA) is 46.2 Å². The standard InChI is InChI=1S/C11H17NOS/c12-11(8-13)6-7-14-9-10-4-2-1-3-5-10/h1-5,11,13H,6-9,12H2. The number of aliphatic hydroxyl groups is 1. The van der Waals surface area contributed by atoms with E-state index in [9.17, 15) is 0 Å². The van der Waals surface area contributed by atoms with Gasteiger partial charge in [-0.3, -0.25) is 0 Å². The van der Waals surface area contributed by atoms with Crippen molar-refractivity contribution in [3.05, 3.63) is 35.9 Å². The van der Waals surface area contributed by atoms with Gasteiger partial charge < -0.3 is 10.8 Å². The van der Waals surface area contributed by atoms with E-state index in [1.807, 2.05) is 17.8 Å². The van der Waals surface area contributed by atoms with Gasteiger partial charge in [0.2, 0.25) is 0 Å². The first-order chi connectivity index (χ1) is 6.83. The average Bonchev–Trinajstić information content (AvgIpc) is 2.25. The number of hydrogen-bond donors (Lipinski definition) is 2. The molecule has 14 heavy (non-hydrogen) atoms. The van der Waals surface area contributed by atoms with Crippen molar-refractivity contribution in [1.82, 2.24) is 0 Å². The highest BCUT2D eigenvalue weighted by molar-refractivity contribution is 7.98. The second-order valence-electron chi connectivity index (χ2n) is 3.27. The molecule has 78 valence electrons. The van der Waals surface area contributed by atoms with Crippen molar-refractivity contribution in [3.63, 3.8) is 0 Å². The molecule has 0 heterocycles. The SMILES string of the molecule is NC(CO)CCSCc1ccccc1. The fraction of sp³-hybridized carbons (Fsp3) is 0.455. The number of nitrogens with two attached hydrogens (primary N) is 1. The predicted molar refractivity (Wildman–Crippen MR) is 62.3 cm³/mol. The lowest BCUT2D eigenvalue weighted by molar-refractivity contribution is 0.264. The quantitative estimate of drug-likeness (QED) is 0.703. The molecule has 1 aromatic carbocycles. The summed E-state index contributed by atoms with van der Waals surface area (Å²) in [6.45, 7) is 0.0892. The zero-order valence-electron chi connectivity index (χ0n) is 8.23. The van der Waals surface area contributed by atoms with Crippen LogP contribution in [-0.2, 0) is 5.75 Å². The molecule has 1 unspecified atom stereocenters. The smallest absolute Gasteiger partial charge is 0.0582 e. The van der Waals surface area contributed by atoms with E-state index in [1.165, 1.54) is 5.56 Å². The molecule has 2 nitrogen and oxygen atoms in total. The van der Waals surface area contributed by atoms with Gasteiger partial charge in [-0.2, -0.15) is 11.8 Å². The molecule has 3 N–H and O–H groups in total. The molecule has 0 aromatic heterocycles. The van der Waals surface area contributed by atoms with Gasteiger partial charge in [-0.05, 0) is 17.7 Å². The van der Waals surface area contributed by atoms with Crippen molar-refractivity contribution in [2.45, 2.75) is 18.2 Å². The van der Waals surface area contributed by atoms with Gasteiger partial charge in [0, 0.05) is 11.8 Å². The maximum Gasteiger partial charge on any atom is 0.0582 e. The Balaban J connectivity index is 2.10. The van der Waals surface area contributed by atoms with Crippen LogP contribution in [0.2, 0.25) is 0 Å². The molecule has 0 amide bonds. The Kier molecular flexibility index (Phi) is 5.68. The Morgan fingerprint density at radius 3 is 2.64 bits per heavy atom. The van der Waals surface area contributed by atoms with Crippen LogP contribution in [0.1, 0.15) is 12.0 Å². The summed E-state index contributed by atoms with van der Waals surface area (Å²) in [4.78, 5) is 0. The predicted octanol–water partition coefficient (Wildman–Crippen LogP) is 1.63. The molecule has 3 heteroatoms. The van der Waals surface area contributed by atoms with Gasteiger partial charge in [0.15, 0.2) is 0 Å². The van der Waals surface area contributed by atoms with E-state index in [2.05, 4.69) is 24.3 Å². The second kappa shape index (κ2) is 6.87. The average molecular weight is 211 g/mol. The number of rotatable bonds is 6. The minimum Gasteiger partial charge on any atom is -0.395 e. The molecule has 1 rings (SSSR count). The van der Waals surface area contributed by atoms with E-state index in [4.69, 9.17) is 10.8 Å². The molecule has 0 aliphatic heterocycles. The van der Waals surface area contributed by atoms with Gasteiger partial charge in [-0.25, -0.2) is 0 Å². The molecular formula is C11H17NOS. The first-order valence-electron chi connectivity index (χ1n) is 4.81. The zero-order valence-corrected chi connectivity index (χ0v) is 9.04. The molecule has 0 fully saturated rings. The van der Waals surface area contributed by atoms with Crippen LogP contribution < -0.4 is 5.73 Å². The molecule has 1 atom stereocenters. The number of benzene rings is 1. The van der Waals surface area contributed by atoms with Crippen LogP contribution in [0.25, 0.3) is 0 Å². The Hall–Kier alpha value is -0.510. The number of hydrogen-bond acceptors (Lipinski definition) is 3. The summed E-state index contributed by atoms with van der Waals surface area (Å²) in [5.74, 6) is 2.04. The summed E-state index contributed by atoms with van der Waals surface area (Å²) < 4.78 is 0. The van der Waals surface area contributed by atoms with E-state index in [0.717, 1.165) is 17.9 Å². The lowest BCUT2D eigenvalue weighted by Gasteiger charge is -2.06. The highest BCUT2D eigenvalue weighted by Crippen LogP contribution is 2.12. The van der Waals surface area contributed by atoms with Crippen molar-refractivity contribution >= 4 is 11.8 Å². The van der Waals surface area contributed by atoms with Crippen molar-refractivity contribution in [2.75, 3.05) is 12.4 Å². The maximum atomic E-state index is 8.72. The van der Waals surface area contributed by atoms with Crippen LogP contribution in [0.3, 0.4) is 0 Å². The molecule has 0 saturated carbocycles. The fourth-order valence-corrected chi connectivity index (χ4v) is 2.13. The highest BCUT2D eigenvalue weighted by Gasteiger charge is 1.99. The van der Waals surface area contributed by atoms with Gasteiger partial charge >= 0.3 is 0 Å². The summed E-state index contributed by atoms with van der Waals surface area (Å²) in [7, 11) is 0. The minimum absolute atomic E-state index is 0.0572. The Morgan fingerprint density at radius 2 is 2.00 bits per heavy atom. The molecule has 1 aromatic rings. The van der Waals surface area contributed by atoms with E-state index in [1.54, 1.807) is 0 Å². The second-order valence-corrected chi connectivity index (χ2v) is 4.37. The van der Waals surface area contributed by atoms with Gasteiger partial charge in [-0.1, -0.05) is 30.3 Å². The maximum absolute atomic E-state index is 8.72. The normalized spacial score (nSPS) is 12.7. The van der Waals surface area contributed by atoms with E-state index in [0.29, 0.717) is 0 Å². The zero-order chi connectivity index (χ0) is 10.2. The van der Waals surface area contributed by atoms with Gasteiger partial charge in [0.25, 0.3) is 0 Å². The third kappa shape index (κ3) is 4.65. The molecule has 0 radical (unpaired) electrons. The monoisotopic (exact) mass is 211 g/mol. The first-order valence-corrected chi connectivity index (χ1v) is 5.96.